The highest BCUT2D eigenvalue weighted by Crippen LogP contribution is 2.33. The Kier molecular flexibility index (Phi) is 6.20. The Morgan fingerprint density at radius 2 is 1.82 bits per heavy atom. The van der Waals surface area contributed by atoms with E-state index in [1.165, 1.54) is 12.1 Å². The topological polar surface area (TPSA) is 38.3 Å². The van der Waals surface area contributed by atoms with Crippen molar-refractivity contribution >= 4 is 69.0 Å². The van der Waals surface area contributed by atoms with Gasteiger partial charge in [0.25, 0.3) is 5.91 Å². The van der Waals surface area contributed by atoms with Gasteiger partial charge in [-0.15, -0.1) is 0 Å². The zero-order valence-electron chi connectivity index (χ0n) is 11.4. The van der Waals surface area contributed by atoms with Crippen molar-refractivity contribution in [1.29, 1.82) is 0 Å². The molecule has 2 rings (SSSR count). The van der Waals surface area contributed by atoms with E-state index in [1.807, 2.05) is 25.1 Å². The van der Waals surface area contributed by atoms with Gasteiger partial charge in [0.05, 0.1) is 15.1 Å². The van der Waals surface area contributed by atoms with Crippen LogP contribution >= 0.6 is 57.4 Å². The fourth-order valence-electron chi connectivity index (χ4n) is 1.71. The summed E-state index contributed by atoms with van der Waals surface area (Å²) in [5.74, 6) is 0.0250. The maximum atomic E-state index is 11.9. The Hall–Kier alpha value is -0.690. The third kappa shape index (κ3) is 4.65. The SMILES string of the molecule is Cc1cc(I)ccc1NC(=O)COc1cc(Cl)c(Cl)cc1Cl. The van der Waals surface area contributed by atoms with E-state index in [-0.39, 0.29) is 12.5 Å². The molecule has 116 valence electrons. The number of nitrogens with one attached hydrogen (secondary N) is 1. The van der Waals surface area contributed by atoms with Gasteiger partial charge >= 0.3 is 0 Å². The van der Waals surface area contributed by atoms with Gasteiger partial charge < -0.3 is 10.1 Å². The number of benzene rings is 2. The van der Waals surface area contributed by atoms with E-state index in [9.17, 15) is 4.79 Å². The number of carbonyl (C=O) groups excluding carboxylic acids is 1. The molecular formula is C15H11Cl3INO2. The number of amides is 1. The van der Waals surface area contributed by atoms with Crippen LogP contribution in [0.4, 0.5) is 5.69 Å². The summed E-state index contributed by atoms with van der Waals surface area (Å²) in [6.45, 7) is 1.75. The van der Waals surface area contributed by atoms with Gasteiger partial charge in [0.15, 0.2) is 6.61 Å². The molecule has 0 heterocycles. The predicted molar refractivity (Wildman–Crippen MR) is 99.5 cm³/mol. The molecule has 0 unspecified atom stereocenters. The molecule has 0 radical (unpaired) electrons. The lowest BCUT2D eigenvalue weighted by atomic mass is 10.2. The number of hydrogen-bond acceptors (Lipinski definition) is 2. The Morgan fingerprint density at radius 3 is 2.50 bits per heavy atom. The van der Waals surface area contributed by atoms with Crippen molar-refractivity contribution in [2.45, 2.75) is 6.92 Å². The number of ether oxygens (including phenoxy) is 1. The highest BCUT2D eigenvalue weighted by atomic mass is 127. The van der Waals surface area contributed by atoms with E-state index in [1.54, 1.807) is 0 Å². The summed E-state index contributed by atoms with van der Waals surface area (Å²) in [7, 11) is 0. The molecule has 3 nitrogen and oxygen atoms in total. The van der Waals surface area contributed by atoms with Crippen LogP contribution in [-0.4, -0.2) is 12.5 Å². The zero-order valence-corrected chi connectivity index (χ0v) is 15.8. The second kappa shape index (κ2) is 7.73. The Morgan fingerprint density at radius 1 is 1.14 bits per heavy atom. The van der Waals surface area contributed by atoms with Crippen molar-refractivity contribution in [2.75, 3.05) is 11.9 Å². The molecule has 0 fully saturated rings. The van der Waals surface area contributed by atoms with Gasteiger partial charge in [-0.25, -0.2) is 0 Å². The molecule has 0 saturated carbocycles. The van der Waals surface area contributed by atoms with Crippen LogP contribution in [0.2, 0.25) is 15.1 Å². The van der Waals surface area contributed by atoms with Crippen molar-refractivity contribution in [3.63, 3.8) is 0 Å². The van der Waals surface area contributed by atoms with Crippen LogP contribution in [0.5, 0.6) is 5.75 Å². The third-order valence-electron chi connectivity index (χ3n) is 2.80. The highest BCUT2D eigenvalue weighted by Gasteiger charge is 2.10. The van der Waals surface area contributed by atoms with E-state index in [2.05, 4.69) is 27.9 Å². The maximum absolute atomic E-state index is 11.9. The fourth-order valence-corrected chi connectivity index (χ4v) is 2.95. The summed E-state index contributed by atoms with van der Waals surface area (Å²) in [4.78, 5) is 11.9. The number of rotatable bonds is 4. The van der Waals surface area contributed by atoms with E-state index < -0.39 is 0 Å². The quantitative estimate of drug-likeness (QED) is 0.468. The predicted octanol–water partition coefficient (Wildman–Crippen LogP) is 5.58. The summed E-state index contributed by atoms with van der Waals surface area (Å²) in [6.07, 6.45) is 0. The van der Waals surface area contributed by atoms with Crippen LogP contribution < -0.4 is 10.1 Å². The second-order valence-electron chi connectivity index (χ2n) is 4.49. The summed E-state index contributed by atoms with van der Waals surface area (Å²) in [5.41, 5.74) is 1.72. The third-order valence-corrected chi connectivity index (χ3v) is 4.48. The van der Waals surface area contributed by atoms with Gasteiger partial charge in [-0.1, -0.05) is 34.8 Å². The van der Waals surface area contributed by atoms with Crippen molar-refractivity contribution in [2.24, 2.45) is 0 Å². The van der Waals surface area contributed by atoms with E-state index in [0.29, 0.717) is 20.8 Å². The minimum absolute atomic E-state index is 0.177. The summed E-state index contributed by atoms with van der Waals surface area (Å²) >= 11 is 19.9. The average Bonchev–Trinajstić information content (AvgIpc) is 2.44. The molecule has 0 aromatic heterocycles. The van der Waals surface area contributed by atoms with Crippen molar-refractivity contribution in [1.82, 2.24) is 0 Å². The minimum atomic E-state index is -0.286. The van der Waals surface area contributed by atoms with Crippen LogP contribution in [0, 0.1) is 10.5 Å². The first kappa shape index (κ1) is 17.7. The molecule has 1 N–H and O–H groups in total. The first-order chi connectivity index (χ1) is 10.4. The first-order valence-electron chi connectivity index (χ1n) is 6.20. The van der Waals surface area contributed by atoms with Crippen LogP contribution in [0.1, 0.15) is 5.56 Å². The van der Waals surface area contributed by atoms with E-state index in [0.717, 1.165) is 14.8 Å². The molecule has 22 heavy (non-hydrogen) atoms. The number of anilines is 1. The van der Waals surface area contributed by atoms with Gasteiger partial charge in [-0.05, 0) is 59.3 Å². The highest BCUT2D eigenvalue weighted by molar-refractivity contribution is 14.1. The lowest BCUT2D eigenvalue weighted by molar-refractivity contribution is -0.118. The second-order valence-corrected chi connectivity index (χ2v) is 6.96. The van der Waals surface area contributed by atoms with Crippen molar-refractivity contribution in [3.8, 4) is 5.75 Å². The van der Waals surface area contributed by atoms with Crippen LogP contribution in [-0.2, 0) is 4.79 Å². The number of halogens is 4. The molecule has 2 aromatic carbocycles. The number of carbonyl (C=O) groups is 1. The Balaban J connectivity index is 2.00. The monoisotopic (exact) mass is 469 g/mol. The van der Waals surface area contributed by atoms with Gasteiger partial charge in [0, 0.05) is 15.3 Å². The molecule has 0 spiro atoms. The molecule has 0 saturated heterocycles. The van der Waals surface area contributed by atoms with Crippen LogP contribution in [0.15, 0.2) is 30.3 Å². The summed E-state index contributed by atoms with van der Waals surface area (Å²) < 4.78 is 6.49. The lowest BCUT2D eigenvalue weighted by Gasteiger charge is -2.11. The first-order valence-corrected chi connectivity index (χ1v) is 8.41. The summed E-state index contributed by atoms with van der Waals surface area (Å²) in [6, 6.07) is 8.70. The smallest absolute Gasteiger partial charge is 0.262 e. The number of hydrogen-bond donors (Lipinski definition) is 1. The van der Waals surface area contributed by atoms with E-state index in [4.69, 9.17) is 39.5 Å². The number of aryl methyl sites for hydroxylation is 1. The largest absolute Gasteiger partial charge is 0.482 e. The van der Waals surface area contributed by atoms with Crippen LogP contribution in [0.25, 0.3) is 0 Å². The Bertz CT molecular complexity index is 722. The molecule has 7 heteroatoms. The molecule has 0 bridgehead atoms. The fraction of sp³-hybridized carbons (Fsp3) is 0.133. The molecule has 0 aliphatic heterocycles. The van der Waals surface area contributed by atoms with Gasteiger partial charge in [-0.3, -0.25) is 4.79 Å². The van der Waals surface area contributed by atoms with Gasteiger partial charge in [-0.2, -0.15) is 0 Å². The minimum Gasteiger partial charge on any atom is -0.482 e. The lowest BCUT2D eigenvalue weighted by Crippen LogP contribution is -2.20. The zero-order chi connectivity index (χ0) is 16.3. The van der Waals surface area contributed by atoms with Crippen molar-refractivity contribution in [3.05, 3.63) is 54.5 Å². The molecule has 0 atom stereocenters. The van der Waals surface area contributed by atoms with Gasteiger partial charge in [0.1, 0.15) is 5.75 Å². The summed E-state index contributed by atoms with van der Waals surface area (Å²) in [5, 5.41) is 3.73. The normalized spacial score (nSPS) is 10.4. The Labute approximate surface area is 157 Å². The molecule has 0 aliphatic rings. The average molecular weight is 471 g/mol. The maximum Gasteiger partial charge on any atom is 0.262 e. The van der Waals surface area contributed by atoms with Gasteiger partial charge in [0.2, 0.25) is 0 Å². The molecule has 2 aromatic rings. The molecular weight excluding hydrogens is 459 g/mol. The van der Waals surface area contributed by atoms with E-state index >= 15 is 0 Å². The molecule has 1 amide bonds. The van der Waals surface area contributed by atoms with Crippen LogP contribution in [0.3, 0.4) is 0 Å². The standard InChI is InChI=1S/C15H11Cl3INO2/c1-8-4-9(19)2-3-13(8)20-15(21)7-22-14-6-11(17)10(16)5-12(14)18/h2-6H,7H2,1H3,(H,20,21). The molecule has 0 aliphatic carbocycles. The van der Waals surface area contributed by atoms with Crippen molar-refractivity contribution < 1.29 is 9.53 Å².